The van der Waals surface area contributed by atoms with E-state index < -0.39 is 34.4 Å². The highest BCUT2D eigenvalue weighted by Crippen LogP contribution is 2.36. The number of nitrogens with zero attached hydrogens (tertiary/aromatic N) is 3. The zero-order chi connectivity index (χ0) is 25.5. The molecule has 0 saturated carbocycles. The fraction of sp³-hybridized carbons (Fsp3) is 0.136. The van der Waals surface area contributed by atoms with Crippen LogP contribution in [0.25, 0.3) is 0 Å². The van der Waals surface area contributed by atoms with Gasteiger partial charge in [0.05, 0.1) is 42.9 Å². The maximum absolute atomic E-state index is 12.0. The SMILES string of the molecule is COC(=O)c1ccc(Oc2ncnc(Nc3cc(C(=O)OC)cc(C(=O)OC)c3)c2[N+](=O)[O-])cc1. The number of benzene rings is 2. The molecule has 0 spiro atoms. The van der Waals surface area contributed by atoms with E-state index in [-0.39, 0.29) is 33.9 Å². The molecule has 13 nitrogen and oxygen atoms in total. The lowest BCUT2D eigenvalue weighted by Crippen LogP contribution is -2.09. The zero-order valence-corrected chi connectivity index (χ0v) is 18.6. The monoisotopic (exact) mass is 482 g/mol. The van der Waals surface area contributed by atoms with Crippen molar-refractivity contribution in [3.05, 3.63) is 75.6 Å². The molecule has 0 amide bonds. The Labute approximate surface area is 197 Å². The van der Waals surface area contributed by atoms with E-state index in [0.717, 1.165) is 20.5 Å². The highest BCUT2D eigenvalue weighted by atomic mass is 16.6. The lowest BCUT2D eigenvalue weighted by atomic mass is 10.1. The minimum Gasteiger partial charge on any atom is -0.465 e. The third kappa shape index (κ3) is 5.65. The van der Waals surface area contributed by atoms with Crippen LogP contribution in [0.2, 0.25) is 0 Å². The molecule has 1 heterocycles. The fourth-order valence-electron chi connectivity index (χ4n) is 2.89. The van der Waals surface area contributed by atoms with E-state index in [4.69, 9.17) is 4.74 Å². The summed E-state index contributed by atoms with van der Waals surface area (Å²) in [5, 5.41) is 14.5. The normalized spacial score (nSPS) is 10.1. The Hall–Kier alpha value is -5.07. The Bertz CT molecular complexity index is 1260. The molecule has 2 aromatic carbocycles. The quantitative estimate of drug-likeness (QED) is 0.215. The Morgan fingerprint density at radius 1 is 0.829 bits per heavy atom. The molecular formula is C22H18N4O9. The summed E-state index contributed by atoms with van der Waals surface area (Å²) in [5.41, 5.74) is -0.254. The molecule has 0 aliphatic heterocycles. The molecule has 3 aromatic rings. The molecule has 0 aliphatic rings. The predicted molar refractivity (Wildman–Crippen MR) is 119 cm³/mol. The largest absolute Gasteiger partial charge is 0.465 e. The topological polar surface area (TPSA) is 169 Å². The average Bonchev–Trinajstić information content (AvgIpc) is 2.87. The van der Waals surface area contributed by atoms with Crippen LogP contribution in [-0.2, 0) is 14.2 Å². The third-order valence-electron chi connectivity index (χ3n) is 4.50. The molecule has 1 N–H and O–H groups in total. The summed E-state index contributed by atoms with van der Waals surface area (Å²) in [5.74, 6) is -2.55. The smallest absolute Gasteiger partial charge is 0.373 e. The molecule has 0 aliphatic carbocycles. The van der Waals surface area contributed by atoms with Crippen molar-refractivity contribution in [3.8, 4) is 11.6 Å². The van der Waals surface area contributed by atoms with Gasteiger partial charge in [-0.1, -0.05) is 0 Å². The number of anilines is 2. The van der Waals surface area contributed by atoms with Gasteiger partial charge in [-0.25, -0.2) is 19.4 Å². The first-order valence-corrected chi connectivity index (χ1v) is 9.71. The number of nitro groups is 1. The van der Waals surface area contributed by atoms with Gasteiger partial charge in [-0.05, 0) is 42.5 Å². The summed E-state index contributed by atoms with van der Waals surface area (Å²) in [6, 6.07) is 9.54. The fourth-order valence-corrected chi connectivity index (χ4v) is 2.89. The third-order valence-corrected chi connectivity index (χ3v) is 4.50. The van der Waals surface area contributed by atoms with Crippen LogP contribution in [0.15, 0.2) is 48.8 Å². The molecule has 0 bridgehead atoms. The summed E-state index contributed by atoms with van der Waals surface area (Å²) in [7, 11) is 3.56. The zero-order valence-electron chi connectivity index (χ0n) is 18.6. The number of rotatable bonds is 8. The second kappa shape index (κ2) is 10.7. The number of methoxy groups -OCH3 is 3. The van der Waals surface area contributed by atoms with E-state index in [2.05, 4.69) is 29.5 Å². The van der Waals surface area contributed by atoms with Gasteiger partial charge in [0.1, 0.15) is 12.1 Å². The van der Waals surface area contributed by atoms with Crippen LogP contribution in [0.3, 0.4) is 0 Å². The minimum absolute atomic E-state index is 0.00298. The first kappa shape index (κ1) is 24.6. The molecule has 0 fully saturated rings. The van der Waals surface area contributed by atoms with Crippen molar-refractivity contribution in [1.82, 2.24) is 9.97 Å². The van der Waals surface area contributed by atoms with Gasteiger partial charge in [0.2, 0.25) is 5.82 Å². The van der Waals surface area contributed by atoms with Gasteiger partial charge in [-0.3, -0.25) is 10.1 Å². The Morgan fingerprint density at radius 3 is 1.89 bits per heavy atom. The summed E-state index contributed by atoms with van der Waals surface area (Å²) in [4.78, 5) is 54.4. The number of nitrogens with one attached hydrogen (secondary N) is 1. The molecule has 0 atom stereocenters. The maximum Gasteiger partial charge on any atom is 0.373 e. The summed E-state index contributed by atoms with van der Waals surface area (Å²) in [6.45, 7) is 0. The van der Waals surface area contributed by atoms with Crippen molar-refractivity contribution in [3.63, 3.8) is 0 Å². The van der Waals surface area contributed by atoms with Crippen LogP contribution in [0.4, 0.5) is 17.2 Å². The van der Waals surface area contributed by atoms with Gasteiger partial charge in [0, 0.05) is 5.69 Å². The van der Waals surface area contributed by atoms with Crippen LogP contribution in [0.1, 0.15) is 31.1 Å². The molecule has 3 rings (SSSR count). The summed E-state index contributed by atoms with van der Waals surface area (Å²) >= 11 is 0. The minimum atomic E-state index is -0.758. The van der Waals surface area contributed by atoms with Gasteiger partial charge >= 0.3 is 29.5 Å². The standard InChI is InChI=1S/C22H18N4O9/c1-32-20(27)12-4-6-16(7-5-12)35-19-17(26(30)31)18(23-11-24-19)25-15-9-13(21(28)33-2)8-14(10-15)22(29)34-3/h4-11H,1-3H3,(H,23,24,25). The van der Waals surface area contributed by atoms with Crippen LogP contribution >= 0.6 is 0 Å². The number of hydrogen-bond acceptors (Lipinski definition) is 12. The van der Waals surface area contributed by atoms with Gasteiger partial charge in [0.15, 0.2) is 0 Å². The van der Waals surface area contributed by atoms with Crippen molar-refractivity contribution in [1.29, 1.82) is 0 Å². The number of carbonyl (C=O) groups excluding carboxylic acids is 3. The number of aromatic nitrogens is 2. The van der Waals surface area contributed by atoms with E-state index in [1.165, 1.54) is 49.6 Å². The van der Waals surface area contributed by atoms with Crippen molar-refractivity contribution >= 4 is 35.1 Å². The number of hydrogen-bond donors (Lipinski definition) is 1. The van der Waals surface area contributed by atoms with E-state index in [9.17, 15) is 24.5 Å². The Kier molecular flexibility index (Phi) is 7.51. The molecule has 0 saturated heterocycles. The molecular weight excluding hydrogens is 464 g/mol. The maximum atomic E-state index is 12.0. The van der Waals surface area contributed by atoms with Crippen LogP contribution < -0.4 is 10.1 Å². The van der Waals surface area contributed by atoms with Gasteiger partial charge in [0.25, 0.3) is 0 Å². The molecule has 0 unspecified atom stereocenters. The lowest BCUT2D eigenvalue weighted by Gasteiger charge is -2.11. The molecule has 180 valence electrons. The van der Waals surface area contributed by atoms with Crippen molar-refractivity contribution in [2.45, 2.75) is 0 Å². The van der Waals surface area contributed by atoms with E-state index in [0.29, 0.717) is 0 Å². The van der Waals surface area contributed by atoms with Crippen molar-refractivity contribution in [2.24, 2.45) is 0 Å². The van der Waals surface area contributed by atoms with Crippen molar-refractivity contribution in [2.75, 3.05) is 26.6 Å². The molecule has 35 heavy (non-hydrogen) atoms. The molecule has 0 radical (unpaired) electrons. The molecule has 13 heteroatoms. The van der Waals surface area contributed by atoms with Crippen LogP contribution in [0.5, 0.6) is 11.6 Å². The Morgan fingerprint density at radius 2 is 1.37 bits per heavy atom. The van der Waals surface area contributed by atoms with Gasteiger partial charge in [-0.15, -0.1) is 0 Å². The summed E-state index contributed by atoms with van der Waals surface area (Å²) < 4.78 is 19.5. The van der Waals surface area contributed by atoms with Crippen LogP contribution in [-0.4, -0.2) is 54.1 Å². The van der Waals surface area contributed by atoms with E-state index in [1.807, 2.05) is 0 Å². The Balaban J connectivity index is 1.99. The highest BCUT2D eigenvalue weighted by molar-refractivity contribution is 5.97. The predicted octanol–water partition coefficient (Wildman–Crippen LogP) is 3.28. The number of esters is 3. The van der Waals surface area contributed by atoms with E-state index >= 15 is 0 Å². The molecule has 1 aromatic heterocycles. The van der Waals surface area contributed by atoms with Gasteiger partial charge < -0.3 is 24.3 Å². The number of ether oxygens (including phenoxy) is 4. The highest BCUT2D eigenvalue weighted by Gasteiger charge is 2.26. The first-order valence-electron chi connectivity index (χ1n) is 9.71. The van der Waals surface area contributed by atoms with Gasteiger partial charge in [-0.2, -0.15) is 4.98 Å². The number of carbonyl (C=O) groups is 3. The summed E-state index contributed by atoms with van der Waals surface area (Å²) in [6.07, 6.45) is 1.03. The second-order valence-electron chi connectivity index (χ2n) is 6.66. The first-order chi connectivity index (χ1) is 16.8. The van der Waals surface area contributed by atoms with E-state index in [1.54, 1.807) is 0 Å². The average molecular weight is 482 g/mol. The van der Waals surface area contributed by atoms with Crippen molar-refractivity contribution < 1.29 is 38.3 Å². The van der Waals surface area contributed by atoms with Crippen LogP contribution in [0, 0.1) is 10.1 Å². The second-order valence-corrected chi connectivity index (χ2v) is 6.66. The lowest BCUT2D eigenvalue weighted by molar-refractivity contribution is -0.385.